The maximum absolute atomic E-state index is 6.15. The summed E-state index contributed by atoms with van der Waals surface area (Å²) in [6.45, 7) is 3.71. The van der Waals surface area contributed by atoms with Crippen LogP contribution >= 0.6 is 23.8 Å². The molecule has 1 atom stereocenters. The number of nitrogens with two attached hydrogens (primary N) is 1. The number of hydrogen-bond acceptors (Lipinski definition) is 3. The van der Waals surface area contributed by atoms with Crippen molar-refractivity contribution in [1.29, 1.82) is 0 Å². The van der Waals surface area contributed by atoms with Gasteiger partial charge in [-0.05, 0) is 38.0 Å². The second-order valence-electron chi connectivity index (χ2n) is 4.90. The van der Waals surface area contributed by atoms with E-state index in [0.717, 1.165) is 25.1 Å². The molecular weight excluding hydrogens is 268 g/mol. The molecule has 1 saturated heterocycles. The molecule has 1 unspecified atom stereocenters. The van der Waals surface area contributed by atoms with Crippen molar-refractivity contribution >= 4 is 34.5 Å². The number of thiocarbonyl (C=S) groups is 1. The fourth-order valence-electron chi connectivity index (χ4n) is 2.17. The largest absolute Gasteiger partial charge is 0.389 e. The van der Waals surface area contributed by atoms with Gasteiger partial charge in [0.15, 0.2) is 0 Å². The number of ether oxygens (including phenoxy) is 1. The van der Waals surface area contributed by atoms with Gasteiger partial charge >= 0.3 is 0 Å². The van der Waals surface area contributed by atoms with Gasteiger partial charge in [0, 0.05) is 17.9 Å². The van der Waals surface area contributed by atoms with Crippen LogP contribution in [0.15, 0.2) is 18.2 Å². The highest BCUT2D eigenvalue weighted by Gasteiger charge is 2.27. The fraction of sp³-hybridized carbons (Fsp3) is 0.462. The van der Waals surface area contributed by atoms with Gasteiger partial charge in [-0.3, -0.25) is 0 Å². The number of rotatable bonds is 3. The van der Waals surface area contributed by atoms with Gasteiger partial charge in [-0.25, -0.2) is 0 Å². The molecule has 1 aromatic rings. The molecule has 2 rings (SSSR count). The molecule has 0 spiro atoms. The summed E-state index contributed by atoms with van der Waals surface area (Å²) in [7, 11) is 0. The molecular formula is C13H17ClN2OS. The molecule has 0 radical (unpaired) electrons. The van der Waals surface area contributed by atoms with Crippen molar-refractivity contribution in [3.8, 4) is 0 Å². The van der Waals surface area contributed by atoms with Gasteiger partial charge in [0.05, 0.1) is 17.2 Å². The van der Waals surface area contributed by atoms with Crippen molar-refractivity contribution in [3.05, 3.63) is 28.8 Å². The minimum Gasteiger partial charge on any atom is -0.389 e. The van der Waals surface area contributed by atoms with Gasteiger partial charge in [-0.1, -0.05) is 23.8 Å². The van der Waals surface area contributed by atoms with E-state index in [1.165, 1.54) is 0 Å². The molecule has 98 valence electrons. The Balaban J connectivity index is 2.14. The van der Waals surface area contributed by atoms with Crippen molar-refractivity contribution in [2.24, 2.45) is 5.73 Å². The lowest BCUT2D eigenvalue weighted by Crippen LogP contribution is -2.43. The Bertz CT molecular complexity index is 458. The molecule has 1 heterocycles. The first-order valence-corrected chi connectivity index (χ1v) is 6.74. The monoisotopic (exact) mass is 284 g/mol. The SMILES string of the molecule is CC1(Nc2ccc(C(N)=S)c(Cl)c2)CCCOC1. The van der Waals surface area contributed by atoms with Crippen molar-refractivity contribution in [2.45, 2.75) is 25.3 Å². The molecule has 0 amide bonds. The Labute approximate surface area is 118 Å². The molecule has 18 heavy (non-hydrogen) atoms. The van der Waals surface area contributed by atoms with Crippen LogP contribution in [0, 0.1) is 0 Å². The smallest absolute Gasteiger partial charge is 0.105 e. The predicted molar refractivity (Wildman–Crippen MR) is 79.4 cm³/mol. The summed E-state index contributed by atoms with van der Waals surface area (Å²) in [6, 6.07) is 5.65. The molecule has 1 aliphatic heterocycles. The van der Waals surface area contributed by atoms with Crippen LogP contribution in [-0.2, 0) is 4.74 Å². The van der Waals surface area contributed by atoms with Gasteiger partial charge in [0.2, 0.25) is 0 Å². The standard InChI is InChI=1S/C13H17ClN2OS/c1-13(5-2-6-17-8-13)16-9-3-4-10(12(15)18)11(14)7-9/h3-4,7,16H,2,5-6,8H2,1H3,(H2,15,18). The summed E-state index contributed by atoms with van der Waals surface area (Å²) in [5.74, 6) is 0. The van der Waals surface area contributed by atoms with Gasteiger partial charge < -0.3 is 15.8 Å². The average Bonchev–Trinajstić information content (AvgIpc) is 2.28. The van der Waals surface area contributed by atoms with E-state index in [1.807, 2.05) is 18.2 Å². The topological polar surface area (TPSA) is 47.3 Å². The second-order valence-corrected chi connectivity index (χ2v) is 5.75. The third-order valence-electron chi connectivity index (χ3n) is 3.12. The van der Waals surface area contributed by atoms with Crippen molar-refractivity contribution in [1.82, 2.24) is 0 Å². The van der Waals surface area contributed by atoms with Crippen LogP contribution in [-0.4, -0.2) is 23.7 Å². The van der Waals surface area contributed by atoms with E-state index in [-0.39, 0.29) is 5.54 Å². The summed E-state index contributed by atoms with van der Waals surface area (Å²) in [5.41, 5.74) is 7.22. The van der Waals surface area contributed by atoms with Crippen LogP contribution in [0.4, 0.5) is 5.69 Å². The van der Waals surface area contributed by atoms with E-state index >= 15 is 0 Å². The van der Waals surface area contributed by atoms with Crippen LogP contribution in [0.5, 0.6) is 0 Å². The van der Waals surface area contributed by atoms with E-state index in [4.69, 9.17) is 34.3 Å². The molecule has 3 N–H and O–H groups in total. The van der Waals surface area contributed by atoms with Crippen LogP contribution in [0.1, 0.15) is 25.3 Å². The highest BCUT2D eigenvalue weighted by atomic mass is 35.5. The van der Waals surface area contributed by atoms with Crippen molar-refractivity contribution < 1.29 is 4.74 Å². The first kappa shape index (κ1) is 13.6. The summed E-state index contributed by atoms with van der Waals surface area (Å²) in [5, 5.41) is 4.05. The lowest BCUT2D eigenvalue weighted by atomic mass is 9.94. The van der Waals surface area contributed by atoms with Gasteiger partial charge in [-0.15, -0.1) is 0 Å². The van der Waals surface area contributed by atoms with Crippen LogP contribution in [0.25, 0.3) is 0 Å². The Morgan fingerprint density at radius 1 is 1.56 bits per heavy atom. The lowest BCUT2D eigenvalue weighted by molar-refractivity contribution is 0.0540. The minimum absolute atomic E-state index is 0.0354. The fourth-order valence-corrected chi connectivity index (χ4v) is 2.69. The summed E-state index contributed by atoms with van der Waals surface area (Å²) in [6.07, 6.45) is 2.16. The van der Waals surface area contributed by atoms with E-state index in [9.17, 15) is 0 Å². The zero-order valence-electron chi connectivity index (χ0n) is 10.3. The minimum atomic E-state index is -0.0354. The van der Waals surface area contributed by atoms with E-state index < -0.39 is 0 Å². The maximum Gasteiger partial charge on any atom is 0.105 e. The zero-order chi connectivity index (χ0) is 13.2. The Morgan fingerprint density at radius 3 is 2.89 bits per heavy atom. The molecule has 5 heteroatoms. The molecule has 1 fully saturated rings. The van der Waals surface area contributed by atoms with Crippen LogP contribution < -0.4 is 11.1 Å². The van der Waals surface area contributed by atoms with E-state index in [0.29, 0.717) is 22.2 Å². The molecule has 3 nitrogen and oxygen atoms in total. The molecule has 1 aliphatic rings. The Kier molecular flexibility index (Phi) is 4.10. The normalized spacial score (nSPS) is 23.7. The molecule has 0 aromatic heterocycles. The summed E-state index contributed by atoms with van der Waals surface area (Å²) in [4.78, 5) is 0.318. The Morgan fingerprint density at radius 2 is 2.33 bits per heavy atom. The Hall–Kier alpha value is -0.840. The second kappa shape index (κ2) is 5.43. The van der Waals surface area contributed by atoms with E-state index in [1.54, 1.807) is 0 Å². The van der Waals surface area contributed by atoms with Gasteiger partial charge in [-0.2, -0.15) is 0 Å². The first-order chi connectivity index (χ1) is 8.50. The van der Waals surface area contributed by atoms with Gasteiger partial charge in [0.1, 0.15) is 4.99 Å². The maximum atomic E-state index is 6.15. The predicted octanol–water partition coefficient (Wildman–Crippen LogP) is 2.96. The average molecular weight is 285 g/mol. The van der Waals surface area contributed by atoms with Crippen molar-refractivity contribution in [3.63, 3.8) is 0 Å². The molecule has 0 aliphatic carbocycles. The van der Waals surface area contributed by atoms with Gasteiger partial charge in [0.25, 0.3) is 0 Å². The lowest BCUT2D eigenvalue weighted by Gasteiger charge is -2.35. The molecule has 0 bridgehead atoms. The quantitative estimate of drug-likeness (QED) is 0.838. The zero-order valence-corrected chi connectivity index (χ0v) is 11.9. The van der Waals surface area contributed by atoms with E-state index in [2.05, 4.69) is 12.2 Å². The number of hydrogen-bond donors (Lipinski definition) is 2. The van der Waals surface area contributed by atoms with Crippen LogP contribution in [0.2, 0.25) is 5.02 Å². The highest BCUT2D eigenvalue weighted by Crippen LogP contribution is 2.27. The molecule has 1 aromatic carbocycles. The number of nitrogens with one attached hydrogen (secondary N) is 1. The number of benzene rings is 1. The number of anilines is 1. The number of halogens is 1. The highest BCUT2D eigenvalue weighted by molar-refractivity contribution is 7.80. The molecule has 0 saturated carbocycles. The van der Waals surface area contributed by atoms with Crippen LogP contribution in [0.3, 0.4) is 0 Å². The van der Waals surface area contributed by atoms with Crippen molar-refractivity contribution in [2.75, 3.05) is 18.5 Å². The summed E-state index contributed by atoms with van der Waals surface area (Å²) >= 11 is 11.1. The first-order valence-electron chi connectivity index (χ1n) is 5.95. The third kappa shape index (κ3) is 3.13. The third-order valence-corrected chi connectivity index (χ3v) is 3.65. The summed E-state index contributed by atoms with van der Waals surface area (Å²) < 4.78 is 5.51.